The van der Waals surface area contributed by atoms with Crippen LogP contribution in [0.1, 0.15) is 39.6 Å². The van der Waals surface area contributed by atoms with Gasteiger partial charge in [0.2, 0.25) is 6.79 Å². The van der Waals surface area contributed by atoms with Gasteiger partial charge in [0.1, 0.15) is 0 Å². The number of nitrogens with one attached hydrogen (secondary N) is 2. The van der Waals surface area contributed by atoms with E-state index in [1.807, 2.05) is 25.1 Å². The lowest BCUT2D eigenvalue weighted by molar-refractivity contribution is 0.0940. The predicted molar refractivity (Wildman–Crippen MR) is 92.8 cm³/mol. The highest BCUT2D eigenvalue weighted by Crippen LogP contribution is 2.32. The average molecular weight is 340 g/mol. The first-order valence-corrected chi connectivity index (χ1v) is 8.22. The molecule has 130 valence electrons. The van der Waals surface area contributed by atoms with E-state index in [4.69, 9.17) is 9.47 Å². The molecule has 0 aromatic heterocycles. The Labute approximate surface area is 146 Å². The second kappa shape index (κ2) is 7.70. The molecular formula is C19H20N2O4. The van der Waals surface area contributed by atoms with Crippen LogP contribution >= 0.6 is 0 Å². The zero-order valence-electron chi connectivity index (χ0n) is 14.0. The zero-order valence-corrected chi connectivity index (χ0v) is 14.0. The zero-order chi connectivity index (χ0) is 17.6. The SMILES string of the molecule is CCCNC(=O)c1ccc(C(=O)NCc2ccc3c(c2)OCO3)cc1. The van der Waals surface area contributed by atoms with Gasteiger partial charge in [-0.05, 0) is 48.4 Å². The van der Waals surface area contributed by atoms with Crippen molar-refractivity contribution in [1.29, 1.82) is 0 Å². The summed E-state index contributed by atoms with van der Waals surface area (Å²) in [5.41, 5.74) is 1.97. The van der Waals surface area contributed by atoms with Crippen molar-refractivity contribution in [3.05, 3.63) is 59.2 Å². The molecule has 0 fully saturated rings. The molecule has 6 heteroatoms. The standard InChI is InChI=1S/C19H20N2O4/c1-2-9-20-18(22)14-4-6-15(7-5-14)19(23)21-11-13-3-8-16-17(10-13)25-12-24-16/h3-8,10H,2,9,11-12H2,1H3,(H,20,22)(H,21,23). The minimum absolute atomic E-state index is 0.130. The van der Waals surface area contributed by atoms with Gasteiger partial charge < -0.3 is 20.1 Å². The number of ether oxygens (including phenoxy) is 2. The lowest BCUT2D eigenvalue weighted by Gasteiger charge is -2.07. The van der Waals surface area contributed by atoms with Crippen LogP contribution in [0.3, 0.4) is 0 Å². The molecule has 0 atom stereocenters. The van der Waals surface area contributed by atoms with Crippen LogP contribution in [0.4, 0.5) is 0 Å². The van der Waals surface area contributed by atoms with Gasteiger partial charge in [-0.15, -0.1) is 0 Å². The monoisotopic (exact) mass is 340 g/mol. The van der Waals surface area contributed by atoms with Gasteiger partial charge in [-0.1, -0.05) is 13.0 Å². The van der Waals surface area contributed by atoms with Crippen molar-refractivity contribution in [2.75, 3.05) is 13.3 Å². The summed E-state index contributed by atoms with van der Waals surface area (Å²) < 4.78 is 10.6. The van der Waals surface area contributed by atoms with Crippen LogP contribution in [0.15, 0.2) is 42.5 Å². The van der Waals surface area contributed by atoms with Gasteiger partial charge in [-0.3, -0.25) is 9.59 Å². The smallest absolute Gasteiger partial charge is 0.251 e. The summed E-state index contributed by atoms with van der Waals surface area (Å²) in [5.74, 6) is 1.08. The van der Waals surface area contributed by atoms with E-state index in [2.05, 4.69) is 10.6 Å². The maximum Gasteiger partial charge on any atom is 0.251 e. The van der Waals surface area contributed by atoms with E-state index in [9.17, 15) is 9.59 Å². The molecule has 1 heterocycles. The number of carbonyl (C=O) groups is 2. The Bertz CT molecular complexity index is 771. The fraction of sp³-hybridized carbons (Fsp3) is 0.263. The second-order valence-corrected chi connectivity index (χ2v) is 5.70. The van der Waals surface area contributed by atoms with Crippen LogP contribution in [0.25, 0.3) is 0 Å². The molecule has 0 unspecified atom stereocenters. The maximum absolute atomic E-state index is 12.2. The number of carbonyl (C=O) groups excluding carboxylic acids is 2. The molecule has 1 aliphatic heterocycles. The van der Waals surface area contributed by atoms with Crippen LogP contribution in [-0.4, -0.2) is 25.2 Å². The van der Waals surface area contributed by atoms with Gasteiger partial charge in [0.05, 0.1) is 0 Å². The Hall–Kier alpha value is -3.02. The number of rotatable bonds is 6. The molecule has 0 saturated carbocycles. The highest BCUT2D eigenvalue weighted by molar-refractivity contribution is 5.97. The first-order valence-electron chi connectivity index (χ1n) is 8.22. The van der Waals surface area contributed by atoms with Crippen molar-refractivity contribution in [3.8, 4) is 11.5 Å². The van der Waals surface area contributed by atoms with E-state index in [0.717, 1.165) is 12.0 Å². The maximum atomic E-state index is 12.2. The summed E-state index contributed by atoms with van der Waals surface area (Å²) >= 11 is 0. The van der Waals surface area contributed by atoms with E-state index in [1.54, 1.807) is 24.3 Å². The second-order valence-electron chi connectivity index (χ2n) is 5.70. The molecule has 0 saturated heterocycles. The van der Waals surface area contributed by atoms with Crippen molar-refractivity contribution >= 4 is 11.8 Å². The van der Waals surface area contributed by atoms with Gasteiger partial charge in [-0.2, -0.15) is 0 Å². The van der Waals surface area contributed by atoms with Crippen LogP contribution in [0, 0.1) is 0 Å². The van der Waals surface area contributed by atoms with E-state index in [0.29, 0.717) is 35.7 Å². The summed E-state index contributed by atoms with van der Waals surface area (Å²) in [4.78, 5) is 24.1. The first kappa shape index (κ1) is 16.8. The fourth-order valence-electron chi connectivity index (χ4n) is 2.45. The van der Waals surface area contributed by atoms with Gasteiger partial charge in [0.25, 0.3) is 11.8 Å². The summed E-state index contributed by atoms with van der Waals surface area (Å²) in [5, 5.41) is 5.66. The van der Waals surface area contributed by atoms with E-state index >= 15 is 0 Å². The van der Waals surface area contributed by atoms with E-state index < -0.39 is 0 Å². The number of fused-ring (bicyclic) bond motifs is 1. The Morgan fingerprint density at radius 1 is 0.920 bits per heavy atom. The Balaban J connectivity index is 1.57. The highest BCUT2D eigenvalue weighted by Gasteiger charge is 2.14. The lowest BCUT2D eigenvalue weighted by atomic mass is 10.1. The normalized spacial score (nSPS) is 11.9. The molecule has 6 nitrogen and oxygen atoms in total. The van der Waals surface area contributed by atoms with Crippen LogP contribution in [-0.2, 0) is 6.54 Å². The average Bonchev–Trinajstić information content (AvgIpc) is 3.12. The molecule has 3 rings (SSSR count). The van der Waals surface area contributed by atoms with Crippen LogP contribution < -0.4 is 20.1 Å². The first-order chi connectivity index (χ1) is 12.2. The molecule has 0 spiro atoms. The third-order valence-electron chi connectivity index (χ3n) is 3.83. The topological polar surface area (TPSA) is 76.7 Å². The number of amides is 2. The molecule has 2 aromatic carbocycles. The number of hydrogen-bond donors (Lipinski definition) is 2. The van der Waals surface area contributed by atoms with Crippen molar-refractivity contribution in [1.82, 2.24) is 10.6 Å². The molecule has 0 bridgehead atoms. The summed E-state index contributed by atoms with van der Waals surface area (Å²) in [7, 11) is 0. The van der Waals surface area contributed by atoms with Crippen molar-refractivity contribution in [2.45, 2.75) is 19.9 Å². The largest absolute Gasteiger partial charge is 0.454 e. The summed E-state index contributed by atoms with van der Waals surface area (Å²) in [6, 6.07) is 12.2. The summed E-state index contributed by atoms with van der Waals surface area (Å²) in [6.45, 7) is 3.24. The van der Waals surface area contributed by atoms with Gasteiger partial charge in [-0.25, -0.2) is 0 Å². The fourth-order valence-corrected chi connectivity index (χ4v) is 2.45. The Kier molecular flexibility index (Phi) is 5.18. The van der Waals surface area contributed by atoms with Crippen molar-refractivity contribution < 1.29 is 19.1 Å². The molecule has 0 radical (unpaired) electrons. The molecule has 2 amide bonds. The van der Waals surface area contributed by atoms with Crippen LogP contribution in [0.5, 0.6) is 11.5 Å². The number of hydrogen-bond acceptors (Lipinski definition) is 4. The van der Waals surface area contributed by atoms with E-state index in [1.165, 1.54) is 0 Å². The highest BCUT2D eigenvalue weighted by atomic mass is 16.7. The predicted octanol–water partition coefficient (Wildman–Crippen LogP) is 2.49. The minimum Gasteiger partial charge on any atom is -0.454 e. The molecule has 0 aliphatic carbocycles. The number of benzene rings is 2. The molecule has 2 aromatic rings. The van der Waals surface area contributed by atoms with Crippen molar-refractivity contribution in [3.63, 3.8) is 0 Å². The molecule has 25 heavy (non-hydrogen) atoms. The third-order valence-corrected chi connectivity index (χ3v) is 3.83. The van der Waals surface area contributed by atoms with Gasteiger partial charge in [0, 0.05) is 24.2 Å². The Morgan fingerprint density at radius 3 is 2.24 bits per heavy atom. The molecule has 2 N–H and O–H groups in total. The van der Waals surface area contributed by atoms with Gasteiger partial charge >= 0.3 is 0 Å². The Morgan fingerprint density at radius 2 is 1.56 bits per heavy atom. The minimum atomic E-state index is -0.196. The van der Waals surface area contributed by atoms with E-state index in [-0.39, 0.29) is 18.6 Å². The van der Waals surface area contributed by atoms with Crippen LogP contribution in [0.2, 0.25) is 0 Å². The molecular weight excluding hydrogens is 320 g/mol. The summed E-state index contributed by atoms with van der Waals surface area (Å²) in [6.07, 6.45) is 0.881. The molecule has 1 aliphatic rings. The lowest BCUT2D eigenvalue weighted by Crippen LogP contribution is -2.25. The van der Waals surface area contributed by atoms with Crippen molar-refractivity contribution in [2.24, 2.45) is 0 Å². The quantitative estimate of drug-likeness (QED) is 0.847. The third kappa shape index (κ3) is 4.09. The van der Waals surface area contributed by atoms with Gasteiger partial charge in [0.15, 0.2) is 11.5 Å².